The van der Waals surface area contributed by atoms with Crippen LogP contribution in [0.1, 0.15) is 20.3 Å². The van der Waals surface area contributed by atoms with Gasteiger partial charge < -0.3 is 10.2 Å². The van der Waals surface area contributed by atoms with Gasteiger partial charge in [-0.3, -0.25) is 4.79 Å². The first-order chi connectivity index (χ1) is 9.10. The summed E-state index contributed by atoms with van der Waals surface area (Å²) in [5, 5.41) is 11.9. The number of anilines is 1. The number of rotatable bonds is 6. The summed E-state index contributed by atoms with van der Waals surface area (Å²) in [7, 11) is 0. The minimum atomic E-state index is -0.658. The standard InChI is InChI=1S/C14H18FN3O/c1-3-18(4-2)14(19)9-13(10-16)17-12-7-5-6-11(15)8-12/h5-8,13,17H,3-4,9H2,1-2H3. The van der Waals surface area contributed by atoms with Crippen LogP contribution in [0.25, 0.3) is 0 Å². The maximum Gasteiger partial charge on any atom is 0.225 e. The van der Waals surface area contributed by atoms with E-state index < -0.39 is 6.04 Å². The third-order valence-corrected chi connectivity index (χ3v) is 2.82. The van der Waals surface area contributed by atoms with Crippen molar-refractivity contribution in [3.63, 3.8) is 0 Å². The van der Waals surface area contributed by atoms with Crippen LogP contribution in [0.4, 0.5) is 10.1 Å². The van der Waals surface area contributed by atoms with Crippen molar-refractivity contribution in [3.8, 4) is 6.07 Å². The van der Waals surface area contributed by atoms with Gasteiger partial charge in [-0.05, 0) is 32.0 Å². The van der Waals surface area contributed by atoms with Gasteiger partial charge in [0.25, 0.3) is 0 Å². The highest BCUT2D eigenvalue weighted by Crippen LogP contribution is 2.12. The first-order valence-corrected chi connectivity index (χ1v) is 6.30. The lowest BCUT2D eigenvalue weighted by Gasteiger charge is -2.20. The van der Waals surface area contributed by atoms with Crippen LogP contribution in [0.2, 0.25) is 0 Å². The first kappa shape index (κ1) is 15.0. The number of carbonyl (C=O) groups is 1. The van der Waals surface area contributed by atoms with Gasteiger partial charge in [0.2, 0.25) is 5.91 Å². The Hall–Kier alpha value is -2.09. The monoisotopic (exact) mass is 263 g/mol. The number of halogens is 1. The molecule has 1 unspecified atom stereocenters. The van der Waals surface area contributed by atoms with Crippen LogP contribution in [0, 0.1) is 17.1 Å². The van der Waals surface area contributed by atoms with E-state index in [9.17, 15) is 9.18 Å². The molecule has 0 fully saturated rings. The molecule has 1 amide bonds. The van der Waals surface area contributed by atoms with Crippen LogP contribution in [0.15, 0.2) is 24.3 Å². The van der Waals surface area contributed by atoms with Crippen molar-refractivity contribution in [2.24, 2.45) is 0 Å². The molecule has 5 heteroatoms. The van der Waals surface area contributed by atoms with Crippen LogP contribution in [0.3, 0.4) is 0 Å². The summed E-state index contributed by atoms with van der Waals surface area (Å²) in [5.41, 5.74) is 0.499. The number of hydrogen-bond donors (Lipinski definition) is 1. The van der Waals surface area contributed by atoms with Gasteiger partial charge >= 0.3 is 0 Å². The Morgan fingerprint density at radius 2 is 2.16 bits per heavy atom. The Labute approximate surface area is 112 Å². The van der Waals surface area contributed by atoms with Crippen molar-refractivity contribution in [3.05, 3.63) is 30.1 Å². The van der Waals surface area contributed by atoms with Gasteiger partial charge in [-0.1, -0.05) is 6.07 Å². The van der Waals surface area contributed by atoms with Crippen LogP contribution in [0.5, 0.6) is 0 Å². The van der Waals surface area contributed by atoms with Crippen molar-refractivity contribution in [1.29, 1.82) is 5.26 Å². The summed E-state index contributed by atoms with van der Waals surface area (Å²) >= 11 is 0. The van der Waals surface area contributed by atoms with Gasteiger partial charge in [-0.25, -0.2) is 4.39 Å². The summed E-state index contributed by atoms with van der Waals surface area (Å²) in [6.45, 7) is 5.02. The fraction of sp³-hybridized carbons (Fsp3) is 0.429. The van der Waals surface area contributed by atoms with Crippen LogP contribution >= 0.6 is 0 Å². The summed E-state index contributed by atoms with van der Waals surface area (Å²) < 4.78 is 13.0. The molecule has 102 valence electrons. The van der Waals surface area contributed by atoms with Crippen molar-refractivity contribution in [1.82, 2.24) is 4.90 Å². The van der Waals surface area contributed by atoms with Gasteiger partial charge in [-0.2, -0.15) is 5.26 Å². The predicted molar refractivity (Wildman–Crippen MR) is 72.0 cm³/mol. The zero-order valence-electron chi connectivity index (χ0n) is 11.2. The molecule has 1 atom stereocenters. The maximum atomic E-state index is 13.0. The van der Waals surface area contributed by atoms with E-state index in [0.717, 1.165) is 0 Å². The molecular weight excluding hydrogens is 245 g/mol. The fourth-order valence-electron chi connectivity index (χ4n) is 1.79. The minimum absolute atomic E-state index is 0.0781. The molecule has 0 spiro atoms. The summed E-state index contributed by atoms with van der Waals surface area (Å²) in [6, 6.07) is 7.21. The molecule has 0 aromatic heterocycles. The van der Waals surface area contributed by atoms with E-state index in [1.807, 2.05) is 19.9 Å². The van der Waals surface area contributed by atoms with Crippen molar-refractivity contribution in [2.75, 3.05) is 18.4 Å². The van der Waals surface area contributed by atoms with Crippen LogP contribution < -0.4 is 5.32 Å². The highest BCUT2D eigenvalue weighted by atomic mass is 19.1. The predicted octanol–water partition coefficient (Wildman–Crippen LogP) is 2.39. The Morgan fingerprint density at radius 3 is 2.68 bits per heavy atom. The number of nitrogens with zero attached hydrogens (tertiary/aromatic N) is 2. The quantitative estimate of drug-likeness (QED) is 0.857. The van der Waals surface area contributed by atoms with E-state index in [0.29, 0.717) is 18.8 Å². The minimum Gasteiger partial charge on any atom is -0.369 e. The molecule has 0 aliphatic rings. The van der Waals surface area contributed by atoms with E-state index >= 15 is 0 Å². The molecule has 0 saturated carbocycles. The van der Waals surface area contributed by atoms with Crippen molar-refractivity contribution < 1.29 is 9.18 Å². The SMILES string of the molecule is CCN(CC)C(=O)CC(C#N)Nc1cccc(F)c1. The summed E-state index contributed by atoms with van der Waals surface area (Å²) in [4.78, 5) is 13.6. The van der Waals surface area contributed by atoms with E-state index in [1.165, 1.54) is 12.1 Å². The molecular formula is C14H18FN3O. The zero-order chi connectivity index (χ0) is 14.3. The largest absolute Gasteiger partial charge is 0.369 e. The average Bonchev–Trinajstić information content (AvgIpc) is 2.39. The summed E-state index contributed by atoms with van der Waals surface area (Å²) in [6.07, 6.45) is 0.0781. The second kappa shape index (κ2) is 7.37. The van der Waals surface area contributed by atoms with Crippen LogP contribution in [-0.2, 0) is 4.79 Å². The van der Waals surface area contributed by atoms with Gasteiger partial charge in [0.05, 0.1) is 12.5 Å². The average molecular weight is 263 g/mol. The Morgan fingerprint density at radius 1 is 1.47 bits per heavy atom. The molecule has 1 rings (SSSR count). The fourth-order valence-corrected chi connectivity index (χ4v) is 1.79. The maximum absolute atomic E-state index is 13.0. The number of amides is 1. The molecule has 0 saturated heterocycles. The van der Waals surface area contributed by atoms with Crippen molar-refractivity contribution in [2.45, 2.75) is 26.3 Å². The normalized spacial score (nSPS) is 11.5. The molecule has 0 radical (unpaired) electrons. The lowest BCUT2D eigenvalue weighted by molar-refractivity contribution is -0.130. The Balaban J connectivity index is 2.65. The van der Waals surface area contributed by atoms with Gasteiger partial charge in [-0.15, -0.1) is 0 Å². The van der Waals surface area contributed by atoms with E-state index in [1.54, 1.807) is 17.0 Å². The highest BCUT2D eigenvalue weighted by molar-refractivity contribution is 5.77. The molecule has 1 aromatic carbocycles. The number of carbonyl (C=O) groups excluding carboxylic acids is 1. The molecule has 0 heterocycles. The number of nitrogens with one attached hydrogen (secondary N) is 1. The molecule has 19 heavy (non-hydrogen) atoms. The lowest BCUT2D eigenvalue weighted by atomic mass is 10.2. The smallest absolute Gasteiger partial charge is 0.225 e. The second-order valence-corrected chi connectivity index (χ2v) is 4.11. The molecule has 0 bridgehead atoms. The topological polar surface area (TPSA) is 56.1 Å². The molecule has 0 aliphatic heterocycles. The van der Waals surface area contributed by atoms with Crippen LogP contribution in [-0.4, -0.2) is 29.9 Å². The molecule has 0 aliphatic carbocycles. The molecule has 1 aromatic rings. The van der Waals surface area contributed by atoms with Gasteiger partial charge in [0.15, 0.2) is 0 Å². The highest BCUT2D eigenvalue weighted by Gasteiger charge is 2.17. The second-order valence-electron chi connectivity index (χ2n) is 4.11. The number of nitriles is 1. The number of hydrogen-bond acceptors (Lipinski definition) is 3. The molecule has 1 N–H and O–H groups in total. The summed E-state index contributed by atoms with van der Waals surface area (Å²) in [5.74, 6) is -0.461. The Kier molecular flexibility index (Phi) is 5.80. The third-order valence-electron chi connectivity index (χ3n) is 2.82. The molecule has 4 nitrogen and oxygen atoms in total. The Bertz CT molecular complexity index is 466. The van der Waals surface area contributed by atoms with Gasteiger partial charge in [0, 0.05) is 18.8 Å². The van der Waals surface area contributed by atoms with E-state index in [4.69, 9.17) is 5.26 Å². The van der Waals surface area contributed by atoms with E-state index in [2.05, 4.69) is 5.32 Å². The van der Waals surface area contributed by atoms with Crippen molar-refractivity contribution >= 4 is 11.6 Å². The van der Waals surface area contributed by atoms with Gasteiger partial charge in [0.1, 0.15) is 11.9 Å². The van der Waals surface area contributed by atoms with E-state index in [-0.39, 0.29) is 18.1 Å². The first-order valence-electron chi connectivity index (χ1n) is 6.30. The lowest BCUT2D eigenvalue weighted by Crippen LogP contribution is -2.34. The third kappa shape index (κ3) is 4.59. The zero-order valence-corrected chi connectivity index (χ0v) is 11.2. The number of benzene rings is 1.